The minimum atomic E-state index is 0.330. The fraction of sp³-hybridized carbons (Fsp3) is 0.500. The molecule has 0 bridgehead atoms. The van der Waals surface area contributed by atoms with E-state index in [2.05, 4.69) is 25.1 Å². The second-order valence-electron chi connectivity index (χ2n) is 3.91. The van der Waals surface area contributed by atoms with Gasteiger partial charge in [0.2, 0.25) is 0 Å². The predicted octanol–water partition coefficient (Wildman–Crippen LogP) is 1.96. The van der Waals surface area contributed by atoms with Crippen molar-refractivity contribution in [1.29, 1.82) is 0 Å². The van der Waals surface area contributed by atoms with Gasteiger partial charge in [0.15, 0.2) is 0 Å². The summed E-state index contributed by atoms with van der Waals surface area (Å²) in [6.07, 6.45) is 3.24. The lowest BCUT2D eigenvalue weighted by atomic mass is 10.1. The molecule has 1 N–H and O–H groups in total. The first-order chi connectivity index (χ1) is 6.33. The van der Waals surface area contributed by atoms with Crippen LogP contribution in [-0.4, -0.2) is 11.7 Å². The second-order valence-corrected chi connectivity index (χ2v) is 3.91. The summed E-state index contributed by atoms with van der Waals surface area (Å²) in [6, 6.07) is 6.73. The highest BCUT2D eigenvalue weighted by Crippen LogP contribution is 2.27. The van der Waals surface area contributed by atoms with E-state index in [1.807, 2.05) is 0 Å². The molecule has 70 valence electrons. The molecule has 0 fully saturated rings. The van der Waals surface area contributed by atoms with E-state index in [1.54, 1.807) is 0 Å². The van der Waals surface area contributed by atoms with E-state index in [0.29, 0.717) is 12.5 Å². The van der Waals surface area contributed by atoms with Crippen molar-refractivity contribution in [2.75, 3.05) is 6.61 Å². The smallest absolute Gasteiger partial charge is 0.0465 e. The minimum Gasteiger partial charge on any atom is -0.396 e. The highest BCUT2D eigenvalue weighted by Gasteiger charge is 2.20. The molecule has 0 heterocycles. The lowest BCUT2D eigenvalue weighted by molar-refractivity contribution is 0.232. The van der Waals surface area contributed by atoms with Crippen molar-refractivity contribution in [3.05, 3.63) is 34.9 Å². The number of aliphatic hydroxyl groups excluding tert-OH is 1. The molecule has 1 aromatic rings. The van der Waals surface area contributed by atoms with Crippen molar-refractivity contribution in [2.24, 2.45) is 5.92 Å². The van der Waals surface area contributed by atoms with Gasteiger partial charge in [0, 0.05) is 6.61 Å². The maximum atomic E-state index is 9.06. The van der Waals surface area contributed by atoms with Crippen molar-refractivity contribution in [3.8, 4) is 0 Å². The lowest BCUT2D eigenvalue weighted by Crippen LogP contribution is -2.04. The van der Waals surface area contributed by atoms with E-state index in [-0.39, 0.29) is 0 Å². The van der Waals surface area contributed by atoms with E-state index < -0.39 is 0 Å². The molecule has 1 atom stereocenters. The van der Waals surface area contributed by atoms with E-state index in [9.17, 15) is 0 Å². The summed E-state index contributed by atoms with van der Waals surface area (Å²) in [6.45, 7) is 2.51. The van der Waals surface area contributed by atoms with Crippen LogP contribution in [0.15, 0.2) is 18.2 Å². The Morgan fingerprint density at radius 2 is 2.08 bits per heavy atom. The minimum absolute atomic E-state index is 0.330. The summed E-state index contributed by atoms with van der Waals surface area (Å²) in [4.78, 5) is 0. The normalized spacial score (nSPS) is 20.3. The maximum Gasteiger partial charge on any atom is 0.0465 e. The molecule has 0 spiro atoms. The standard InChI is InChI=1S/C12H16O/c1-2-9-3-4-11-6-10(8-13)7-12(11)5-9/h3-5,10,13H,2,6-8H2,1H3/t10-/m0/s1. The molecule has 0 aromatic heterocycles. The Kier molecular flexibility index (Phi) is 2.36. The van der Waals surface area contributed by atoms with Gasteiger partial charge in [-0.05, 0) is 41.9 Å². The molecule has 1 nitrogen and oxygen atoms in total. The van der Waals surface area contributed by atoms with Gasteiger partial charge in [-0.25, -0.2) is 0 Å². The second kappa shape index (κ2) is 3.51. The summed E-state index contributed by atoms with van der Waals surface area (Å²) in [7, 11) is 0. The van der Waals surface area contributed by atoms with Crippen LogP contribution in [0, 0.1) is 5.92 Å². The van der Waals surface area contributed by atoms with E-state index in [1.165, 1.54) is 16.7 Å². The summed E-state index contributed by atoms with van der Waals surface area (Å²) < 4.78 is 0. The molecule has 2 rings (SSSR count). The summed E-state index contributed by atoms with van der Waals surface area (Å²) >= 11 is 0. The number of fused-ring (bicyclic) bond motifs is 1. The third-order valence-electron chi connectivity index (χ3n) is 2.95. The molecule has 0 aliphatic heterocycles. The first-order valence-electron chi connectivity index (χ1n) is 5.05. The number of aryl methyl sites for hydroxylation is 1. The number of benzene rings is 1. The van der Waals surface area contributed by atoms with Gasteiger partial charge in [-0.1, -0.05) is 25.1 Å². The van der Waals surface area contributed by atoms with Crippen molar-refractivity contribution in [1.82, 2.24) is 0 Å². The highest BCUT2D eigenvalue weighted by molar-refractivity contribution is 5.36. The average molecular weight is 176 g/mol. The largest absolute Gasteiger partial charge is 0.396 e. The fourth-order valence-corrected chi connectivity index (χ4v) is 2.11. The molecule has 0 unspecified atom stereocenters. The zero-order valence-electron chi connectivity index (χ0n) is 8.09. The molecule has 13 heavy (non-hydrogen) atoms. The number of hydrogen-bond donors (Lipinski definition) is 1. The Morgan fingerprint density at radius 3 is 2.77 bits per heavy atom. The topological polar surface area (TPSA) is 20.2 Å². The molecular weight excluding hydrogens is 160 g/mol. The van der Waals surface area contributed by atoms with Gasteiger partial charge >= 0.3 is 0 Å². The Labute approximate surface area is 79.4 Å². The van der Waals surface area contributed by atoms with Crippen molar-refractivity contribution < 1.29 is 5.11 Å². The third-order valence-corrected chi connectivity index (χ3v) is 2.95. The van der Waals surface area contributed by atoms with Crippen LogP contribution in [0.1, 0.15) is 23.6 Å². The van der Waals surface area contributed by atoms with E-state index >= 15 is 0 Å². The Morgan fingerprint density at radius 1 is 1.31 bits per heavy atom. The zero-order chi connectivity index (χ0) is 9.26. The van der Waals surface area contributed by atoms with Gasteiger partial charge < -0.3 is 5.11 Å². The van der Waals surface area contributed by atoms with Crippen molar-refractivity contribution in [3.63, 3.8) is 0 Å². The number of hydrogen-bond acceptors (Lipinski definition) is 1. The molecule has 1 aliphatic carbocycles. The first-order valence-corrected chi connectivity index (χ1v) is 5.05. The highest BCUT2D eigenvalue weighted by atomic mass is 16.3. The SMILES string of the molecule is CCc1ccc2c(c1)C[C@@H](CO)C2. The van der Waals surface area contributed by atoms with Crippen LogP contribution < -0.4 is 0 Å². The summed E-state index contributed by atoms with van der Waals surface area (Å²) in [5.74, 6) is 0.474. The Hall–Kier alpha value is -0.820. The summed E-state index contributed by atoms with van der Waals surface area (Å²) in [5.41, 5.74) is 4.31. The molecule has 0 saturated heterocycles. The van der Waals surface area contributed by atoms with Crippen LogP contribution in [0.4, 0.5) is 0 Å². The fourth-order valence-electron chi connectivity index (χ4n) is 2.11. The van der Waals surface area contributed by atoms with Gasteiger partial charge in [-0.3, -0.25) is 0 Å². The van der Waals surface area contributed by atoms with Crippen LogP contribution in [0.3, 0.4) is 0 Å². The first kappa shape index (κ1) is 8.76. The molecule has 1 aromatic carbocycles. The average Bonchev–Trinajstić information content (AvgIpc) is 2.58. The predicted molar refractivity (Wildman–Crippen MR) is 53.8 cm³/mol. The van der Waals surface area contributed by atoms with E-state index in [0.717, 1.165) is 19.3 Å². The molecular formula is C12H16O. The molecule has 1 heteroatoms. The van der Waals surface area contributed by atoms with Crippen molar-refractivity contribution >= 4 is 0 Å². The zero-order valence-corrected chi connectivity index (χ0v) is 8.09. The van der Waals surface area contributed by atoms with Gasteiger partial charge in [0.25, 0.3) is 0 Å². The quantitative estimate of drug-likeness (QED) is 0.730. The van der Waals surface area contributed by atoms with Gasteiger partial charge in [0.05, 0.1) is 0 Å². The third kappa shape index (κ3) is 1.61. The molecule has 0 saturated carbocycles. The van der Waals surface area contributed by atoms with Gasteiger partial charge in [-0.15, -0.1) is 0 Å². The van der Waals surface area contributed by atoms with E-state index in [4.69, 9.17) is 5.11 Å². The van der Waals surface area contributed by atoms with Crippen LogP contribution in [0.5, 0.6) is 0 Å². The lowest BCUT2D eigenvalue weighted by Gasteiger charge is -2.01. The maximum absolute atomic E-state index is 9.06. The molecule has 1 aliphatic rings. The monoisotopic (exact) mass is 176 g/mol. The molecule has 0 amide bonds. The number of aliphatic hydroxyl groups is 1. The van der Waals surface area contributed by atoms with Crippen LogP contribution in [0.25, 0.3) is 0 Å². The number of rotatable bonds is 2. The molecule has 0 radical (unpaired) electrons. The van der Waals surface area contributed by atoms with Crippen LogP contribution >= 0.6 is 0 Å². The van der Waals surface area contributed by atoms with Crippen LogP contribution in [0.2, 0.25) is 0 Å². The van der Waals surface area contributed by atoms with Crippen LogP contribution in [-0.2, 0) is 19.3 Å². The van der Waals surface area contributed by atoms with Crippen molar-refractivity contribution in [2.45, 2.75) is 26.2 Å². The van der Waals surface area contributed by atoms with Gasteiger partial charge in [0.1, 0.15) is 0 Å². The Balaban J connectivity index is 2.25. The Bertz CT molecular complexity index is 304. The van der Waals surface area contributed by atoms with Gasteiger partial charge in [-0.2, -0.15) is 0 Å². The summed E-state index contributed by atoms with van der Waals surface area (Å²) in [5, 5.41) is 9.06.